The normalized spacial score (nSPS) is 15.1. The van der Waals surface area contributed by atoms with Crippen molar-refractivity contribution in [2.45, 2.75) is 13.3 Å². The summed E-state index contributed by atoms with van der Waals surface area (Å²) in [6, 6.07) is 16.4. The van der Waals surface area contributed by atoms with E-state index in [1.807, 2.05) is 42.5 Å². The molecule has 0 saturated heterocycles. The van der Waals surface area contributed by atoms with Crippen molar-refractivity contribution in [3.05, 3.63) is 71.4 Å². The maximum Gasteiger partial charge on any atom is 0.363 e. The van der Waals surface area contributed by atoms with Gasteiger partial charge in [-0.3, -0.25) is 4.79 Å². The van der Waals surface area contributed by atoms with Crippen LogP contribution in [0, 0.1) is 0 Å². The first-order valence-corrected chi connectivity index (χ1v) is 7.63. The maximum atomic E-state index is 12.0. The van der Waals surface area contributed by atoms with Crippen LogP contribution in [-0.4, -0.2) is 17.8 Å². The molecule has 0 spiro atoms. The average molecular weight is 320 g/mol. The number of amides is 1. The summed E-state index contributed by atoms with van der Waals surface area (Å²) in [7, 11) is 0. The molecule has 3 rings (SSSR count). The van der Waals surface area contributed by atoms with Crippen molar-refractivity contribution in [3.63, 3.8) is 0 Å². The second-order valence-electron chi connectivity index (χ2n) is 5.23. The fourth-order valence-electron chi connectivity index (χ4n) is 2.18. The van der Waals surface area contributed by atoms with E-state index in [0.717, 1.165) is 11.1 Å². The number of benzene rings is 2. The average Bonchev–Trinajstić information content (AvgIpc) is 2.98. The second-order valence-corrected chi connectivity index (χ2v) is 5.23. The number of nitrogens with zero attached hydrogens (tertiary/aromatic N) is 1. The van der Waals surface area contributed by atoms with Crippen LogP contribution in [0.4, 0.5) is 5.69 Å². The topological polar surface area (TPSA) is 67.8 Å². The maximum absolute atomic E-state index is 12.0. The van der Waals surface area contributed by atoms with Crippen molar-refractivity contribution < 1.29 is 14.3 Å². The fraction of sp³-hybridized carbons (Fsp3) is 0.105. The zero-order valence-corrected chi connectivity index (χ0v) is 13.2. The molecule has 1 heterocycles. The van der Waals surface area contributed by atoms with Crippen LogP contribution in [0.15, 0.2) is 65.3 Å². The first-order valence-electron chi connectivity index (χ1n) is 7.63. The minimum atomic E-state index is -0.475. The molecule has 2 aromatic rings. The highest BCUT2D eigenvalue weighted by Gasteiger charge is 2.23. The largest absolute Gasteiger partial charge is 0.402 e. The van der Waals surface area contributed by atoms with E-state index >= 15 is 0 Å². The SMILES string of the molecule is CCC(=O)Nc1ccc(C=C2N=C(c3ccccc3)OC2=O)cc1. The number of carbonyl (C=O) groups is 2. The number of carbonyl (C=O) groups excluding carboxylic acids is 2. The predicted molar refractivity (Wildman–Crippen MR) is 92.4 cm³/mol. The van der Waals surface area contributed by atoms with Gasteiger partial charge in [0.2, 0.25) is 11.8 Å². The van der Waals surface area contributed by atoms with Gasteiger partial charge in [0, 0.05) is 17.7 Å². The Morgan fingerprint density at radius 2 is 1.83 bits per heavy atom. The molecular formula is C19H16N2O3. The lowest BCUT2D eigenvalue weighted by Crippen LogP contribution is -2.09. The summed E-state index contributed by atoms with van der Waals surface area (Å²) in [4.78, 5) is 27.6. The molecule has 0 saturated carbocycles. The van der Waals surface area contributed by atoms with Gasteiger partial charge in [0.25, 0.3) is 0 Å². The summed E-state index contributed by atoms with van der Waals surface area (Å²) in [5.74, 6) is -0.214. The summed E-state index contributed by atoms with van der Waals surface area (Å²) in [5.41, 5.74) is 2.52. The highest BCUT2D eigenvalue weighted by atomic mass is 16.6. The molecule has 5 heteroatoms. The first-order chi connectivity index (χ1) is 11.7. The monoisotopic (exact) mass is 320 g/mol. The van der Waals surface area contributed by atoms with Gasteiger partial charge >= 0.3 is 5.97 Å². The fourth-order valence-corrected chi connectivity index (χ4v) is 2.18. The van der Waals surface area contributed by atoms with Crippen LogP contribution in [0.2, 0.25) is 0 Å². The number of nitrogens with one attached hydrogen (secondary N) is 1. The summed E-state index contributed by atoms with van der Waals surface area (Å²) in [6.45, 7) is 1.79. The van der Waals surface area contributed by atoms with E-state index < -0.39 is 5.97 Å². The van der Waals surface area contributed by atoms with Gasteiger partial charge in [0.15, 0.2) is 5.70 Å². The molecule has 5 nitrogen and oxygen atoms in total. The molecule has 0 unspecified atom stereocenters. The number of rotatable bonds is 4. The third kappa shape index (κ3) is 3.57. The van der Waals surface area contributed by atoms with Gasteiger partial charge in [-0.2, -0.15) is 0 Å². The van der Waals surface area contributed by atoms with Crippen LogP contribution in [-0.2, 0) is 14.3 Å². The van der Waals surface area contributed by atoms with Crippen LogP contribution in [0.5, 0.6) is 0 Å². The van der Waals surface area contributed by atoms with Crippen LogP contribution < -0.4 is 5.32 Å². The molecule has 0 aromatic heterocycles. The molecule has 1 amide bonds. The van der Waals surface area contributed by atoms with Crippen molar-refractivity contribution in [1.29, 1.82) is 0 Å². The lowest BCUT2D eigenvalue weighted by Gasteiger charge is -2.03. The van der Waals surface area contributed by atoms with E-state index in [4.69, 9.17) is 4.74 Å². The number of hydrogen-bond acceptors (Lipinski definition) is 4. The Morgan fingerprint density at radius 1 is 1.12 bits per heavy atom. The summed E-state index contributed by atoms with van der Waals surface area (Å²) >= 11 is 0. The number of anilines is 1. The van der Waals surface area contributed by atoms with Crippen LogP contribution in [0.25, 0.3) is 6.08 Å². The Hall–Kier alpha value is -3.21. The van der Waals surface area contributed by atoms with E-state index in [9.17, 15) is 9.59 Å². The lowest BCUT2D eigenvalue weighted by molar-refractivity contribution is -0.129. The van der Waals surface area contributed by atoms with E-state index in [1.54, 1.807) is 25.1 Å². The Balaban J connectivity index is 1.79. The molecular weight excluding hydrogens is 304 g/mol. The van der Waals surface area contributed by atoms with Gasteiger partial charge < -0.3 is 10.1 Å². The van der Waals surface area contributed by atoms with Gasteiger partial charge in [-0.15, -0.1) is 0 Å². The van der Waals surface area contributed by atoms with Crippen molar-refractivity contribution in [3.8, 4) is 0 Å². The standard InChI is InChI=1S/C19H16N2O3/c1-2-17(22)20-15-10-8-13(9-11-15)12-16-19(23)24-18(21-16)14-6-4-3-5-7-14/h3-12H,2H2,1H3,(H,20,22). The van der Waals surface area contributed by atoms with Crippen molar-refractivity contribution in [2.24, 2.45) is 4.99 Å². The highest BCUT2D eigenvalue weighted by molar-refractivity contribution is 6.12. The number of hydrogen-bond donors (Lipinski definition) is 1. The number of esters is 1. The molecule has 1 aliphatic heterocycles. The van der Waals surface area contributed by atoms with Crippen LogP contribution in [0.3, 0.4) is 0 Å². The molecule has 1 aliphatic rings. The van der Waals surface area contributed by atoms with Gasteiger partial charge in [-0.05, 0) is 35.9 Å². The Bertz CT molecular complexity index is 821. The van der Waals surface area contributed by atoms with Crippen LogP contribution >= 0.6 is 0 Å². The molecule has 0 fully saturated rings. The lowest BCUT2D eigenvalue weighted by atomic mass is 10.1. The zero-order chi connectivity index (χ0) is 16.9. The van der Waals surface area contributed by atoms with Crippen molar-refractivity contribution in [1.82, 2.24) is 0 Å². The highest BCUT2D eigenvalue weighted by Crippen LogP contribution is 2.20. The van der Waals surface area contributed by atoms with Gasteiger partial charge in [0.1, 0.15) is 0 Å². The third-order valence-corrected chi connectivity index (χ3v) is 3.46. The number of aliphatic imine (C=N–C) groups is 1. The van der Waals surface area contributed by atoms with E-state index in [1.165, 1.54) is 0 Å². The Morgan fingerprint density at radius 3 is 2.50 bits per heavy atom. The van der Waals surface area contributed by atoms with E-state index in [-0.39, 0.29) is 11.6 Å². The van der Waals surface area contributed by atoms with Crippen molar-refractivity contribution in [2.75, 3.05) is 5.32 Å². The van der Waals surface area contributed by atoms with Gasteiger partial charge in [-0.1, -0.05) is 37.3 Å². The molecule has 24 heavy (non-hydrogen) atoms. The number of cyclic esters (lactones) is 1. The molecule has 0 bridgehead atoms. The van der Waals surface area contributed by atoms with Crippen LogP contribution in [0.1, 0.15) is 24.5 Å². The molecule has 1 N–H and O–H groups in total. The van der Waals surface area contributed by atoms with E-state index in [2.05, 4.69) is 10.3 Å². The minimum absolute atomic E-state index is 0.0439. The van der Waals surface area contributed by atoms with Gasteiger partial charge in [-0.25, -0.2) is 9.79 Å². The first kappa shape index (κ1) is 15.7. The van der Waals surface area contributed by atoms with Gasteiger partial charge in [0.05, 0.1) is 0 Å². The molecule has 0 atom stereocenters. The molecule has 0 radical (unpaired) electrons. The summed E-state index contributed by atoms with van der Waals surface area (Å²) in [5, 5.41) is 2.77. The number of ether oxygens (including phenoxy) is 1. The zero-order valence-electron chi connectivity index (χ0n) is 13.2. The smallest absolute Gasteiger partial charge is 0.363 e. The van der Waals surface area contributed by atoms with Crippen molar-refractivity contribution >= 4 is 29.5 Å². The summed E-state index contributed by atoms with van der Waals surface area (Å²) < 4.78 is 5.21. The quantitative estimate of drug-likeness (QED) is 0.693. The second kappa shape index (κ2) is 6.91. The van der Waals surface area contributed by atoms with E-state index in [0.29, 0.717) is 18.0 Å². The summed E-state index contributed by atoms with van der Waals surface area (Å²) in [6.07, 6.45) is 2.08. The predicted octanol–water partition coefficient (Wildman–Crippen LogP) is 3.38. The molecule has 120 valence electrons. The molecule has 0 aliphatic carbocycles. The molecule has 2 aromatic carbocycles. The third-order valence-electron chi connectivity index (χ3n) is 3.46. The minimum Gasteiger partial charge on any atom is -0.402 e. The Labute approximate surface area is 139 Å². The Kier molecular flexibility index (Phi) is 4.52.